The van der Waals surface area contributed by atoms with Gasteiger partial charge in [0.15, 0.2) is 0 Å². The molecule has 1 aromatic carbocycles. The summed E-state index contributed by atoms with van der Waals surface area (Å²) < 4.78 is 5.18. The van der Waals surface area contributed by atoms with E-state index in [0.717, 1.165) is 22.7 Å². The molecule has 0 atom stereocenters. The maximum absolute atomic E-state index is 5.56. The molecule has 0 spiro atoms. The Morgan fingerprint density at radius 1 is 1.39 bits per heavy atom. The van der Waals surface area contributed by atoms with Crippen molar-refractivity contribution in [1.82, 2.24) is 9.97 Å². The lowest BCUT2D eigenvalue weighted by Crippen LogP contribution is -2.06. The van der Waals surface area contributed by atoms with E-state index in [0.29, 0.717) is 6.54 Å². The summed E-state index contributed by atoms with van der Waals surface area (Å²) in [6.45, 7) is 2.60. The van der Waals surface area contributed by atoms with E-state index in [1.54, 1.807) is 13.3 Å². The van der Waals surface area contributed by atoms with E-state index in [4.69, 9.17) is 10.5 Å². The lowest BCUT2D eigenvalue weighted by Gasteiger charge is -2.09. The van der Waals surface area contributed by atoms with Crippen LogP contribution in [-0.2, 0) is 6.54 Å². The van der Waals surface area contributed by atoms with Crippen LogP contribution >= 0.6 is 0 Å². The van der Waals surface area contributed by atoms with E-state index in [9.17, 15) is 0 Å². The van der Waals surface area contributed by atoms with Crippen molar-refractivity contribution in [3.05, 3.63) is 41.6 Å². The molecule has 5 heteroatoms. The molecule has 1 heterocycles. The molecule has 0 bridgehead atoms. The fourth-order valence-electron chi connectivity index (χ4n) is 1.60. The minimum absolute atomic E-state index is 0.272. The summed E-state index contributed by atoms with van der Waals surface area (Å²) in [5, 5.41) is 3.23. The summed E-state index contributed by atoms with van der Waals surface area (Å²) in [6.07, 6.45) is 1.70. The molecule has 0 aliphatic rings. The van der Waals surface area contributed by atoms with Gasteiger partial charge < -0.3 is 15.8 Å². The molecule has 0 amide bonds. The Morgan fingerprint density at radius 2 is 2.22 bits per heavy atom. The number of aryl methyl sites for hydroxylation is 1. The Morgan fingerprint density at radius 3 is 3.00 bits per heavy atom. The second-order valence-electron chi connectivity index (χ2n) is 3.96. The monoisotopic (exact) mass is 244 g/mol. The summed E-state index contributed by atoms with van der Waals surface area (Å²) >= 11 is 0. The number of methoxy groups -OCH3 is 1. The molecule has 0 radical (unpaired) electrons. The van der Waals surface area contributed by atoms with Crippen molar-refractivity contribution < 1.29 is 4.74 Å². The van der Waals surface area contributed by atoms with Crippen LogP contribution in [0.1, 0.15) is 11.1 Å². The van der Waals surface area contributed by atoms with Crippen molar-refractivity contribution in [3.8, 4) is 5.75 Å². The molecular formula is C13H16N4O. The fraction of sp³-hybridized carbons (Fsp3) is 0.231. The third kappa shape index (κ3) is 2.88. The van der Waals surface area contributed by atoms with E-state index in [2.05, 4.69) is 15.3 Å². The van der Waals surface area contributed by atoms with Gasteiger partial charge in [-0.05, 0) is 24.6 Å². The van der Waals surface area contributed by atoms with Gasteiger partial charge >= 0.3 is 0 Å². The van der Waals surface area contributed by atoms with Gasteiger partial charge in [-0.3, -0.25) is 0 Å². The number of hydrogen-bond acceptors (Lipinski definition) is 5. The number of hydrogen-bond donors (Lipinski definition) is 2. The van der Waals surface area contributed by atoms with Gasteiger partial charge in [-0.2, -0.15) is 4.98 Å². The van der Waals surface area contributed by atoms with Gasteiger partial charge in [0.1, 0.15) is 11.6 Å². The smallest absolute Gasteiger partial charge is 0.221 e. The van der Waals surface area contributed by atoms with Gasteiger partial charge in [0.05, 0.1) is 7.11 Å². The molecule has 2 aromatic rings. The highest BCUT2D eigenvalue weighted by Gasteiger charge is 2.02. The number of anilines is 2. The topological polar surface area (TPSA) is 73.1 Å². The maximum Gasteiger partial charge on any atom is 0.221 e. The van der Waals surface area contributed by atoms with E-state index in [1.807, 2.05) is 31.2 Å². The zero-order valence-electron chi connectivity index (χ0n) is 10.5. The van der Waals surface area contributed by atoms with E-state index >= 15 is 0 Å². The number of rotatable bonds is 4. The first-order chi connectivity index (χ1) is 8.69. The summed E-state index contributed by atoms with van der Waals surface area (Å²) in [4.78, 5) is 8.08. The number of aromatic nitrogens is 2. The first-order valence-corrected chi connectivity index (χ1v) is 5.65. The number of nitrogens with zero attached hydrogens (tertiary/aromatic N) is 2. The predicted molar refractivity (Wildman–Crippen MR) is 71.5 cm³/mol. The van der Waals surface area contributed by atoms with E-state index in [-0.39, 0.29) is 5.95 Å². The lowest BCUT2D eigenvalue weighted by atomic mass is 10.2. The standard InChI is InChI=1S/C13H16N4O/c1-9-7-16-13(14)17-12(9)15-8-10-4-3-5-11(6-10)18-2/h3-7H,8H2,1-2H3,(H3,14,15,16,17). The minimum Gasteiger partial charge on any atom is -0.497 e. The van der Waals surface area contributed by atoms with Crippen LogP contribution in [-0.4, -0.2) is 17.1 Å². The quantitative estimate of drug-likeness (QED) is 0.860. The van der Waals surface area contributed by atoms with Crippen molar-refractivity contribution in [2.75, 3.05) is 18.2 Å². The molecule has 3 N–H and O–H groups in total. The van der Waals surface area contributed by atoms with Gasteiger partial charge in [-0.25, -0.2) is 4.98 Å². The van der Waals surface area contributed by atoms with E-state index in [1.165, 1.54) is 0 Å². The second-order valence-corrected chi connectivity index (χ2v) is 3.96. The Labute approximate surface area is 106 Å². The zero-order chi connectivity index (χ0) is 13.0. The molecule has 1 aromatic heterocycles. The fourth-order valence-corrected chi connectivity index (χ4v) is 1.60. The molecule has 0 aliphatic heterocycles. The van der Waals surface area contributed by atoms with Crippen molar-refractivity contribution in [2.45, 2.75) is 13.5 Å². The van der Waals surface area contributed by atoms with Gasteiger partial charge in [0.25, 0.3) is 0 Å². The SMILES string of the molecule is COc1cccc(CNc2nc(N)ncc2C)c1. The highest BCUT2D eigenvalue weighted by Crippen LogP contribution is 2.15. The molecule has 0 saturated carbocycles. The molecule has 18 heavy (non-hydrogen) atoms. The third-order valence-corrected chi connectivity index (χ3v) is 2.58. The van der Waals surface area contributed by atoms with E-state index < -0.39 is 0 Å². The number of ether oxygens (including phenoxy) is 1. The molecule has 0 aliphatic carbocycles. The Hall–Kier alpha value is -2.30. The van der Waals surface area contributed by atoms with Gasteiger partial charge in [0.2, 0.25) is 5.95 Å². The molecule has 94 valence electrons. The maximum atomic E-state index is 5.56. The third-order valence-electron chi connectivity index (χ3n) is 2.58. The summed E-state index contributed by atoms with van der Waals surface area (Å²) in [5.41, 5.74) is 7.64. The Balaban J connectivity index is 2.08. The highest BCUT2D eigenvalue weighted by atomic mass is 16.5. The van der Waals surface area contributed by atoms with Crippen molar-refractivity contribution >= 4 is 11.8 Å². The molecular weight excluding hydrogens is 228 g/mol. The van der Waals surface area contributed by atoms with Crippen molar-refractivity contribution in [1.29, 1.82) is 0 Å². The summed E-state index contributed by atoms with van der Waals surface area (Å²) in [7, 11) is 1.65. The minimum atomic E-state index is 0.272. The van der Waals surface area contributed by atoms with Crippen LogP contribution in [0.4, 0.5) is 11.8 Å². The number of nitrogen functional groups attached to an aromatic ring is 1. The van der Waals surface area contributed by atoms with Crippen LogP contribution in [0.2, 0.25) is 0 Å². The number of nitrogens with two attached hydrogens (primary N) is 1. The number of nitrogens with one attached hydrogen (secondary N) is 1. The summed E-state index contributed by atoms with van der Waals surface area (Å²) in [6, 6.07) is 7.87. The van der Waals surface area contributed by atoms with Crippen molar-refractivity contribution in [2.24, 2.45) is 0 Å². The molecule has 0 fully saturated rings. The van der Waals surface area contributed by atoms with Gasteiger partial charge in [-0.1, -0.05) is 12.1 Å². The Bertz CT molecular complexity index is 542. The van der Waals surface area contributed by atoms with Crippen LogP contribution in [0.25, 0.3) is 0 Å². The first-order valence-electron chi connectivity index (χ1n) is 5.65. The highest BCUT2D eigenvalue weighted by molar-refractivity contribution is 5.45. The average molecular weight is 244 g/mol. The molecule has 2 rings (SSSR count). The van der Waals surface area contributed by atoms with Crippen LogP contribution in [0.5, 0.6) is 5.75 Å². The van der Waals surface area contributed by atoms with Crippen LogP contribution < -0.4 is 15.8 Å². The van der Waals surface area contributed by atoms with Crippen LogP contribution in [0.15, 0.2) is 30.5 Å². The lowest BCUT2D eigenvalue weighted by molar-refractivity contribution is 0.414. The number of benzene rings is 1. The second kappa shape index (κ2) is 5.35. The molecule has 0 unspecified atom stereocenters. The first kappa shape index (κ1) is 12.2. The van der Waals surface area contributed by atoms with Crippen LogP contribution in [0.3, 0.4) is 0 Å². The largest absolute Gasteiger partial charge is 0.497 e. The predicted octanol–water partition coefficient (Wildman–Crippen LogP) is 1.99. The zero-order valence-corrected chi connectivity index (χ0v) is 10.5. The summed E-state index contributed by atoms with van der Waals surface area (Å²) in [5.74, 6) is 1.87. The van der Waals surface area contributed by atoms with Crippen molar-refractivity contribution in [3.63, 3.8) is 0 Å². The Kier molecular flexibility index (Phi) is 3.62. The normalized spacial score (nSPS) is 10.1. The molecule has 5 nitrogen and oxygen atoms in total. The van der Waals surface area contributed by atoms with Gasteiger partial charge in [-0.15, -0.1) is 0 Å². The van der Waals surface area contributed by atoms with Crippen LogP contribution in [0, 0.1) is 6.92 Å². The molecule has 0 saturated heterocycles. The average Bonchev–Trinajstić information content (AvgIpc) is 2.40. The van der Waals surface area contributed by atoms with Gasteiger partial charge in [0, 0.05) is 18.3 Å².